The van der Waals surface area contributed by atoms with Crippen molar-refractivity contribution in [3.63, 3.8) is 0 Å². The molecule has 0 atom stereocenters. The Bertz CT molecular complexity index is 4240. The monoisotopic (exact) mass is 1010 g/mol. The van der Waals surface area contributed by atoms with Gasteiger partial charge in [-0.15, -0.1) is 0 Å². The standard InChI is InChI=1S/C74H47BN2S/c1-76-59-39-35-51(36-40-59)56-43-62(52-25-11-4-12-26-52)73(63(44-56)53-27-13-5-14-28-53)77-68-45-54(49-21-7-2-8-22-49)37-41-66(68)75-67-42-38-55(50-23-9-3-10-24-50)46-70(67)78-71-48-58(47-69(77)72(71)75)74(57-29-15-6-16-30-57)64-33-19-17-31-60(64)61-32-18-20-34-65(61)74/h2-48H. The molecule has 0 bridgehead atoms. The van der Waals surface area contributed by atoms with E-state index in [1.807, 2.05) is 23.9 Å². The highest BCUT2D eigenvalue weighted by Crippen LogP contribution is 2.59. The second kappa shape index (κ2) is 18.6. The molecule has 0 N–H and O–H groups in total. The Hall–Kier alpha value is -9.66. The molecule has 1 aliphatic carbocycles. The fraction of sp³-hybridized carbons (Fsp3) is 0.0135. The van der Waals surface area contributed by atoms with Crippen molar-refractivity contribution in [1.82, 2.24) is 0 Å². The van der Waals surface area contributed by atoms with Gasteiger partial charge in [0.25, 0.3) is 0 Å². The van der Waals surface area contributed by atoms with Crippen LogP contribution >= 0.6 is 11.8 Å². The number of hydrogen-bond donors (Lipinski definition) is 0. The molecule has 0 spiro atoms. The molecular formula is C74H47BN2S. The molecule has 0 aromatic heterocycles. The Morgan fingerprint density at radius 3 is 1.38 bits per heavy atom. The molecule has 0 fully saturated rings. The van der Waals surface area contributed by atoms with Crippen molar-refractivity contribution in [2.45, 2.75) is 15.2 Å². The Morgan fingerprint density at radius 2 is 0.821 bits per heavy atom. The first-order valence-electron chi connectivity index (χ1n) is 26.7. The quantitative estimate of drug-likeness (QED) is 0.111. The van der Waals surface area contributed by atoms with Gasteiger partial charge in [-0.25, -0.2) is 4.85 Å². The first-order valence-corrected chi connectivity index (χ1v) is 27.5. The Morgan fingerprint density at radius 1 is 0.346 bits per heavy atom. The number of fused-ring (bicyclic) bond motifs is 7. The number of anilines is 3. The molecule has 3 aliphatic rings. The molecule has 12 aromatic rings. The largest absolute Gasteiger partial charge is 0.310 e. The second-order valence-electron chi connectivity index (χ2n) is 20.6. The van der Waals surface area contributed by atoms with Crippen LogP contribution in [0.2, 0.25) is 0 Å². The minimum Gasteiger partial charge on any atom is -0.310 e. The maximum absolute atomic E-state index is 7.80. The van der Waals surface area contributed by atoms with Crippen molar-refractivity contribution in [3.05, 3.63) is 319 Å². The zero-order valence-corrected chi connectivity index (χ0v) is 43.3. The fourth-order valence-electron chi connectivity index (χ4n) is 13.0. The topological polar surface area (TPSA) is 7.60 Å². The second-order valence-corrected chi connectivity index (χ2v) is 21.6. The first kappa shape index (κ1) is 45.7. The zero-order chi connectivity index (χ0) is 51.7. The zero-order valence-electron chi connectivity index (χ0n) is 42.5. The summed E-state index contributed by atoms with van der Waals surface area (Å²) in [6.07, 6.45) is 0. The molecule has 2 aliphatic heterocycles. The molecule has 0 saturated heterocycles. The van der Waals surface area contributed by atoms with E-state index in [1.165, 1.54) is 76.3 Å². The predicted molar refractivity (Wildman–Crippen MR) is 327 cm³/mol. The van der Waals surface area contributed by atoms with Gasteiger partial charge in [0.15, 0.2) is 5.69 Å². The van der Waals surface area contributed by atoms with E-state index >= 15 is 0 Å². The molecule has 78 heavy (non-hydrogen) atoms. The molecule has 12 aromatic carbocycles. The van der Waals surface area contributed by atoms with Gasteiger partial charge >= 0.3 is 0 Å². The highest BCUT2D eigenvalue weighted by Gasteiger charge is 2.49. The molecule has 0 unspecified atom stereocenters. The summed E-state index contributed by atoms with van der Waals surface area (Å²) in [5, 5.41) is 0. The van der Waals surface area contributed by atoms with E-state index in [9.17, 15) is 0 Å². The van der Waals surface area contributed by atoms with Crippen LogP contribution < -0.4 is 21.3 Å². The molecule has 2 heterocycles. The van der Waals surface area contributed by atoms with Crippen LogP contribution in [0.25, 0.3) is 71.6 Å². The highest BCUT2D eigenvalue weighted by atomic mass is 32.2. The Kier molecular flexibility index (Phi) is 10.9. The van der Waals surface area contributed by atoms with E-state index in [4.69, 9.17) is 6.57 Å². The lowest BCUT2D eigenvalue weighted by Crippen LogP contribution is -2.60. The van der Waals surface area contributed by atoms with Gasteiger partial charge in [-0.1, -0.05) is 266 Å². The van der Waals surface area contributed by atoms with Gasteiger partial charge in [0.05, 0.1) is 17.7 Å². The third kappa shape index (κ3) is 7.20. The number of nitrogens with zero attached hydrogens (tertiary/aromatic N) is 2. The lowest BCUT2D eigenvalue weighted by atomic mass is 9.34. The summed E-state index contributed by atoms with van der Waals surface area (Å²) >= 11 is 1.92. The van der Waals surface area contributed by atoms with E-state index in [0.29, 0.717) is 5.69 Å². The Balaban J connectivity index is 1.11. The van der Waals surface area contributed by atoms with E-state index < -0.39 is 5.41 Å². The summed E-state index contributed by atoms with van der Waals surface area (Å²) in [7, 11) is 0. The van der Waals surface area contributed by atoms with Crippen molar-refractivity contribution in [3.8, 4) is 66.8 Å². The van der Waals surface area contributed by atoms with Gasteiger partial charge in [0.1, 0.15) is 0 Å². The summed E-state index contributed by atoms with van der Waals surface area (Å²) < 4.78 is 0. The molecular weight excluding hydrogens is 960 g/mol. The van der Waals surface area contributed by atoms with Gasteiger partial charge in [-0.05, 0) is 125 Å². The van der Waals surface area contributed by atoms with Crippen LogP contribution in [0, 0.1) is 6.57 Å². The molecule has 362 valence electrons. The average molecular weight is 1010 g/mol. The summed E-state index contributed by atoms with van der Waals surface area (Å²) in [5.41, 5.74) is 26.1. The first-order chi connectivity index (χ1) is 38.6. The number of rotatable bonds is 8. The van der Waals surface area contributed by atoms with E-state index in [2.05, 4.69) is 283 Å². The van der Waals surface area contributed by atoms with Gasteiger partial charge in [-0.3, -0.25) is 0 Å². The van der Waals surface area contributed by atoms with E-state index in [1.54, 1.807) is 0 Å². The molecule has 15 rings (SSSR count). The normalized spacial score (nSPS) is 13.1. The summed E-state index contributed by atoms with van der Waals surface area (Å²) in [5.74, 6) is 0. The van der Waals surface area contributed by atoms with Crippen LogP contribution in [-0.4, -0.2) is 6.71 Å². The van der Waals surface area contributed by atoms with Crippen molar-refractivity contribution in [2.24, 2.45) is 0 Å². The summed E-state index contributed by atoms with van der Waals surface area (Å²) in [6, 6.07) is 105. The van der Waals surface area contributed by atoms with Crippen LogP contribution in [-0.2, 0) is 5.41 Å². The van der Waals surface area contributed by atoms with Gasteiger partial charge < -0.3 is 4.90 Å². The molecule has 4 heteroatoms. The van der Waals surface area contributed by atoms with Gasteiger partial charge in [-0.2, -0.15) is 0 Å². The van der Waals surface area contributed by atoms with Crippen LogP contribution in [0.15, 0.2) is 295 Å². The lowest BCUT2D eigenvalue weighted by Gasteiger charge is -2.43. The minimum atomic E-state index is -0.661. The minimum absolute atomic E-state index is 0.0717. The third-order valence-corrected chi connectivity index (χ3v) is 17.5. The van der Waals surface area contributed by atoms with Crippen molar-refractivity contribution >= 4 is 57.6 Å². The summed E-state index contributed by atoms with van der Waals surface area (Å²) in [4.78, 5) is 8.95. The smallest absolute Gasteiger partial charge is 0.249 e. The van der Waals surface area contributed by atoms with Crippen molar-refractivity contribution in [2.75, 3.05) is 4.90 Å². The third-order valence-electron chi connectivity index (χ3n) is 16.4. The van der Waals surface area contributed by atoms with E-state index in [-0.39, 0.29) is 6.71 Å². The molecule has 2 nitrogen and oxygen atoms in total. The lowest BCUT2D eigenvalue weighted by molar-refractivity contribution is 0.766. The Labute approximate surface area is 460 Å². The van der Waals surface area contributed by atoms with E-state index in [0.717, 1.165) is 56.0 Å². The van der Waals surface area contributed by atoms with Crippen molar-refractivity contribution in [1.29, 1.82) is 0 Å². The van der Waals surface area contributed by atoms with Crippen LogP contribution in [0.3, 0.4) is 0 Å². The van der Waals surface area contributed by atoms with Gasteiger partial charge in [0.2, 0.25) is 6.71 Å². The van der Waals surface area contributed by atoms with Gasteiger partial charge in [0, 0.05) is 32.3 Å². The number of hydrogen-bond acceptors (Lipinski definition) is 2. The maximum Gasteiger partial charge on any atom is 0.249 e. The predicted octanol–water partition coefficient (Wildman–Crippen LogP) is 17.7. The van der Waals surface area contributed by atoms with Crippen LogP contribution in [0.4, 0.5) is 22.7 Å². The summed E-state index contributed by atoms with van der Waals surface area (Å²) in [6.45, 7) is 7.72. The number of benzene rings is 12. The average Bonchev–Trinajstić information content (AvgIpc) is 4.03. The van der Waals surface area contributed by atoms with Crippen molar-refractivity contribution < 1.29 is 0 Å². The maximum atomic E-state index is 7.80. The van der Waals surface area contributed by atoms with Crippen LogP contribution in [0.1, 0.15) is 22.3 Å². The fourth-order valence-corrected chi connectivity index (χ4v) is 14.2. The molecule has 0 saturated carbocycles. The molecule has 0 amide bonds. The van der Waals surface area contributed by atoms with Crippen LogP contribution in [0.5, 0.6) is 0 Å². The highest BCUT2D eigenvalue weighted by molar-refractivity contribution is 8.00. The SMILES string of the molecule is [C-]#[N+]c1ccc(-c2cc(-c3ccccc3)c(N3c4cc(-c5ccccc5)ccc4B4c5ccc(-c6ccccc6)cc5Sc5cc(C6(c7ccccc7)c7ccccc7-c7ccccc76)cc3c54)c(-c3ccccc3)c2)cc1. The molecule has 0 radical (unpaired) electrons.